The molecule has 0 atom stereocenters. The summed E-state index contributed by atoms with van der Waals surface area (Å²) < 4.78 is 38.9. The molecule has 7 heteroatoms. The number of nitrogens with one attached hydrogen (secondary N) is 1. The van der Waals surface area contributed by atoms with E-state index in [-0.39, 0.29) is 23.3 Å². The third-order valence-corrected chi connectivity index (χ3v) is 5.98. The van der Waals surface area contributed by atoms with Gasteiger partial charge in [-0.15, -0.1) is 0 Å². The van der Waals surface area contributed by atoms with Crippen LogP contribution in [-0.4, -0.2) is 43.5 Å². The summed E-state index contributed by atoms with van der Waals surface area (Å²) in [6.07, 6.45) is 2.66. The monoisotopic (exact) mass is 342 g/mol. The first-order valence-corrected chi connectivity index (χ1v) is 9.57. The van der Waals surface area contributed by atoms with Gasteiger partial charge in [-0.3, -0.25) is 4.79 Å². The van der Waals surface area contributed by atoms with Gasteiger partial charge in [0, 0.05) is 24.7 Å². The first-order chi connectivity index (χ1) is 10.9. The Hall–Kier alpha value is -1.47. The van der Waals surface area contributed by atoms with E-state index >= 15 is 0 Å². The molecule has 1 aliphatic heterocycles. The van der Waals surface area contributed by atoms with E-state index in [9.17, 15) is 17.6 Å². The van der Waals surface area contributed by atoms with Crippen molar-refractivity contribution < 1.29 is 17.6 Å². The number of hydrogen-bond acceptors (Lipinski definition) is 3. The van der Waals surface area contributed by atoms with Gasteiger partial charge in [-0.1, -0.05) is 19.4 Å². The minimum atomic E-state index is -3.18. The van der Waals surface area contributed by atoms with Crippen molar-refractivity contribution in [1.82, 2.24) is 9.62 Å². The van der Waals surface area contributed by atoms with E-state index in [1.165, 1.54) is 22.5 Å². The van der Waals surface area contributed by atoms with Crippen LogP contribution >= 0.6 is 0 Å². The molecular formula is C16H23FN2O3S. The Kier molecular flexibility index (Phi) is 6.12. The van der Waals surface area contributed by atoms with Gasteiger partial charge >= 0.3 is 0 Å². The van der Waals surface area contributed by atoms with Gasteiger partial charge < -0.3 is 5.32 Å². The second-order valence-electron chi connectivity index (χ2n) is 5.83. The molecule has 23 heavy (non-hydrogen) atoms. The van der Waals surface area contributed by atoms with Crippen molar-refractivity contribution in [2.45, 2.75) is 38.6 Å². The number of carbonyl (C=O) groups is 1. The van der Waals surface area contributed by atoms with Crippen LogP contribution in [0.3, 0.4) is 0 Å². The minimum absolute atomic E-state index is 0.0802. The number of sulfonamides is 1. The Bertz CT molecular complexity index is 640. The quantitative estimate of drug-likeness (QED) is 0.861. The number of carbonyl (C=O) groups excluding carboxylic acids is 1. The maximum Gasteiger partial charge on any atom is 0.251 e. The van der Waals surface area contributed by atoms with E-state index in [0.29, 0.717) is 32.4 Å². The van der Waals surface area contributed by atoms with Crippen LogP contribution in [0.5, 0.6) is 0 Å². The van der Waals surface area contributed by atoms with Crippen LogP contribution in [0.4, 0.5) is 4.39 Å². The molecule has 1 amide bonds. The van der Waals surface area contributed by atoms with E-state index in [1.54, 1.807) is 6.07 Å². The summed E-state index contributed by atoms with van der Waals surface area (Å²) in [5.41, 5.74) is 0.281. The van der Waals surface area contributed by atoms with Gasteiger partial charge in [0.2, 0.25) is 10.0 Å². The van der Waals surface area contributed by atoms with Gasteiger partial charge in [0.1, 0.15) is 5.82 Å². The largest absolute Gasteiger partial charge is 0.349 e. The Labute approximate surface area is 136 Å². The highest BCUT2D eigenvalue weighted by atomic mass is 32.2. The number of rotatable bonds is 6. The van der Waals surface area contributed by atoms with Crippen molar-refractivity contribution >= 4 is 15.9 Å². The average molecular weight is 342 g/mol. The van der Waals surface area contributed by atoms with Crippen LogP contribution in [0.15, 0.2) is 24.3 Å². The minimum Gasteiger partial charge on any atom is -0.349 e. The van der Waals surface area contributed by atoms with Gasteiger partial charge in [-0.2, -0.15) is 0 Å². The van der Waals surface area contributed by atoms with Gasteiger partial charge in [-0.25, -0.2) is 17.1 Å². The topological polar surface area (TPSA) is 66.5 Å². The predicted octanol–water partition coefficient (Wildman–Crippen LogP) is 2.15. The van der Waals surface area contributed by atoms with Crippen molar-refractivity contribution in [3.63, 3.8) is 0 Å². The number of unbranched alkanes of at least 4 members (excludes halogenated alkanes) is 1. The summed E-state index contributed by atoms with van der Waals surface area (Å²) in [5, 5.41) is 2.85. The van der Waals surface area contributed by atoms with Crippen molar-refractivity contribution in [1.29, 1.82) is 0 Å². The first-order valence-electron chi connectivity index (χ1n) is 7.96. The molecule has 1 heterocycles. The zero-order valence-electron chi connectivity index (χ0n) is 13.3. The van der Waals surface area contributed by atoms with Crippen LogP contribution in [0.2, 0.25) is 0 Å². The summed E-state index contributed by atoms with van der Waals surface area (Å²) in [7, 11) is -3.18. The highest BCUT2D eigenvalue weighted by molar-refractivity contribution is 7.89. The van der Waals surface area contributed by atoms with E-state index < -0.39 is 15.8 Å². The SMILES string of the molecule is CCCCS(=O)(=O)N1CCC(NC(=O)c2cccc(F)c2)CC1. The molecule has 5 nitrogen and oxygen atoms in total. The summed E-state index contributed by atoms with van der Waals surface area (Å²) in [5.74, 6) is -0.588. The van der Waals surface area contributed by atoms with Gasteiger partial charge in [-0.05, 0) is 37.5 Å². The lowest BCUT2D eigenvalue weighted by molar-refractivity contribution is 0.0923. The fourth-order valence-corrected chi connectivity index (χ4v) is 4.31. The molecule has 1 aromatic rings. The highest BCUT2D eigenvalue weighted by Gasteiger charge is 2.28. The number of nitrogens with zero attached hydrogens (tertiary/aromatic N) is 1. The average Bonchev–Trinajstić information content (AvgIpc) is 2.53. The first kappa shape index (κ1) is 17.9. The summed E-state index contributed by atoms with van der Waals surface area (Å²) in [4.78, 5) is 12.1. The van der Waals surface area contributed by atoms with Crippen LogP contribution in [0.1, 0.15) is 43.0 Å². The maximum atomic E-state index is 13.1. The van der Waals surface area contributed by atoms with Crippen molar-refractivity contribution in [2.24, 2.45) is 0 Å². The molecule has 1 fully saturated rings. The van der Waals surface area contributed by atoms with Crippen molar-refractivity contribution in [3.05, 3.63) is 35.6 Å². The molecule has 1 N–H and O–H groups in total. The second-order valence-corrected chi connectivity index (χ2v) is 7.92. The number of benzene rings is 1. The summed E-state index contributed by atoms with van der Waals surface area (Å²) in [6, 6.07) is 5.45. The van der Waals surface area contributed by atoms with Gasteiger partial charge in [0.05, 0.1) is 5.75 Å². The van der Waals surface area contributed by atoms with E-state index in [1.807, 2.05) is 6.92 Å². The van der Waals surface area contributed by atoms with Gasteiger partial charge in [0.15, 0.2) is 0 Å². The Morgan fingerprint density at radius 2 is 2.04 bits per heavy atom. The van der Waals surface area contributed by atoms with Crippen LogP contribution < -0.4 is 5.32 Å². The molecule has 0 aromatic heterocycles. The van der Waals surface area contributed by atoms with Crippen LogP contribution in [-0.2, 0) is 10.0 Å². The molecule has 0 spiro atoms. The fraction of sp³-hybridized carbons (Fsp3) is 0.562. The van der Waals surface area contributed by atoms with Gasteiger partial charge in [0.25, 0.3) is 5.91 Å². The Morgan fingerprint density at radius 1 is 1.35 bits per heavy atom. The van der Waals surface area contributed by atoms with E-state index in [2.05, 4.69) is 5.32 Å². The summed E-state index contributed by atoms with van der Waals surface area (Å²) >= 11 is 0. The number of hydrogen-bond donors (Lipinski definition) is 1. The molecule has 1 saturated heterocycles. The van der Waals surface area contributed by atoms with Crippen LogP contribution in [0.25, 0.3) is 0 Å². The lowest BCUT2D eigenvalue weighted by Gasteiger charge is -2.31. The van der Waals surface area contributed by atoms with Crippen LogP contribution in [0, 0.1) is 5.82 Å². The molecule has 1 aromatic carbocycles. The zero-order valence-corrected chi connectivity index (χ0v) is 14.1. The molecule has 2 rings (SSSR count). The predicted molar refractivity (Wildman–Crippen MR) is 87.2 cm³/mol. The van der Waals surface area contributed by atoms with Crippen molar-refractivity contribution in [2.75, 3.05) is 18.8 Å². The molecule has 128 valence electrons. The molecule has 0 unspecified atom stereocenters. The van der Waals surface area contributed by atoms with E-state index in [4.69, 9.17) is 0 Å². The zero-order chi connectivity index (χ0) is 16.9. The Balaban J connectivity index is 1.86. The standard InChI is InChI=1S/C16H23FN2O3S/c1-2-3-11-23(21,22)19-9-7-15(8-10-19)18-16(20)13-5-4-6-14(17)12-13/h4-6,12,15H,2-3,7-11H2,1H3,(H,18,20). The fourth-order valence-electron chi connectivity index (χ4n) is 2.63. The third-order valence-electron chi connectivity index (χ3n) is 4.03. The second kappa shape index (κ2) is 7.88. The number of halogens is 1. The lowest BCUT2D eigenvalue weighted by Crippen LogP contribution is -2.47. The molecule has 0 bridgehead atoms. The smallest absolute Gasteiger partial charge is 0.251 e. The van der Waals surface area contributed by atoms with Crippen molar-refractivity contribution in [3.8, 4) is 0 Å². The molecule has 0 aliphatic carbocycles. The van der Waals surface area contributed by atoms with E-state index in [0.717, 1.165) is 6.42 Å². The Morgan fingerprint density at radius 3 is 2.65 bits per heavy atom. The third kappa shape index (κ3) is 5.00. The number of piperidine rings is 1. The highest BCUT2D eigenvalue weighted by Crippen LogP contribution is 2.16. The molecule has 0 saturated carbocycles. The molecule has 0 radical (unpaired) electrons. The normalized spacial score (nSPS) is 17.1. The lowest BCUT2D eigenvalue weighted by atomic mass is 10.1. The molecular weight excluding hydrogens is 319 g/mol. The summed E-state index contributed by atoms with van der Waals surface area (Å²) in [6.45, 7) is 2.80. The maximum absolute atomic E-state index is 13.1. The number of amides is 1. The molecule has 1 aliphatic rings.